The highest BCUT2D eigenvalue weighted by molar-refractivity contribution is 5.95. The number of hydrogen-bond donors (Lipinski definition) is 2. The van der Waals surface area contributed by atoms with Crippen LogP contribution in [0.2, 0.25) is 0 Å². The lowest BCUT2D eigenvalue weighted by Crippen LogP contribution is -2.61. The van der Waals surface area contributed by atoms with Gasteiger partial charge in [-0.2, -0.15) is 13.2 Å². The number of nitrogens with zero attached hydrogens (tertiary/aromatic N) is 5. The van der Waals surface area contributed by atoms with E-state index in [1.807, 2.05) is 39.8 Å². The first-order valence-electron chi connectivity index (χ1n) is 20.2. The van der Waals surface area contributed by atoms with Crippen LogP contribution in [-0.2, 0) is 41.6 Å². The standard InChI is InChI=1S/C43H58F3N7O6/c1-28(2)38(50(6)26-54)40(56)49-35(41(57)53-19-9-8-17-48-53)23-51-18-11-12-31(22-51)30-14-15-36-33(20-30)34(21-42(4,5)25-59-27-55)39(52(36)24-43(44,45)46)32-13-10-16-47-37(32)29(3)58-7/h10,12-16,20,26-29,35,38,48H,8-9,11,17-19,21-25H2,1-7H3,(H,49,56). The second-order valence-corrected chi connectivity index (χ2v) is 16.7. The van der Waals surface area contributed by atoms with Gasteiger partial charge < -0.3 is 24.3 Å². The maximum Gasteiger partial charge on any atom is 0.406 e. The van der Waals surface area contributed by atoms with E-state index >= 15 is 0 Å². The van der Waals surface area contributed by atoms with Gasteiger partial charge >= 0.3 is 6.18 Å². The Labute approximate surface area is 344 Å². The summed E-state index contributed by atoms with van der Waals surface area (Å²) in [6.07, 6.45) is 1.86. The smallest absolute Gasteiger partial charge is 0.406 e. The van der Waals surface area contributed by atoms with Crippen LogP contribution in [-0.4, -0.2) is 121 Å². The molecule has 2 N–H and O–H groups in total. The first-order valence-corrected chi connectivity index (χ1v) is 20.2. The van der Waals surface area contributed by atoms with E-state index in [2.05, 4.69) is 26.7 Å². The van der Waals surface area contributed by atoms with E-state index in [4.69, 9.17) is 9.47 Å². The third-order valence-electron chi connectivity index (χ3n) is 11.1. The highest BCUT2D eigenvalue weighted by Gasteiger charge is 2.36. The van der Waals surface area contributed by atoms with Gasteiger partial charge in [-0.25, -0.2) is 5.43 Å². The van der Waals surface area contributed by atoms with Crippen LogP contribution < -0.4 is 10.7 Å². The van der Waals surface area contributed by atoms with Gasteiger partial charge in [-0.1, -0.05) is 39.8 Å². The number of alkyl halides is 3. The first-order chi connectivity index (χ1) is 28.0. The normalized spacial score (nSPS) is 17.0. The Balaban J connectivity index is 1.57. The molecule has 1 saturated heterocycles. The average Bonchev–Trinajstić information content (AvgIpc) is 3.48. The molecule has 2 aliphatic rings. The number of hydrogen-bond acceptors (Lipinski definition) is 9. The summed E-state index contributed by atoms with van der Waals surface area (Å²) in [6, 6.07) is 7.23. The third-order valence-corrected chi connectivity index (χ3v) is 11.1. The van der Waals surface area contributed by atoms with Crippen LogP contribution in [0.4, 0.5) is 13.2 Å². The Morgan fingerprint density at radius 3 is 2.51 bits per heavy atom. The Morgan fingerprint density at radius 1 is 1.10 bits per heavy atom. The topological polar surface area (TPSA) is 138 Å². The van der Waals surface area contributed by atoms with Crippen molar-refractivity contribution in [2.45, 2.75) is 91.2 Å². The number of nitrogens with one attached hydrogen (secondary N) is 2. The molecule has 13 nitrogen and oxygen atoms in total. The molecule has 2 aliphatic heterocycles. The minimum absolute atomic E-state index is 0.0444. The molecule has 1 fully saturated rings. The van der Waals surface area contributed by atoms with Crippen LogP contribution in [0.5, 0.6) is 0 Å². The van der Waals surface area contributed by atoms with Gasteiger partial charge in [-0.05, 0) is 79.5 Å². The Kier molecular flexibility index (Phi) is 15.0. The van der Waals surface area contributed by atoms with Crippen LogP contribution >= 0.6 is 0 Å². The first kappa shape index (κ1) is 45.3. The molecule has 5 rings (SSSR count). The Bertz CT molecular complexity index is 1990. The predicted molar refractivity (Wildman–Crippen MR) is 219 cm³/mol. The molecule has 3 aromatic rings. The number of carbonyl (C=O) groups excluding carboxylic acids is 4. The van der Waals surface area contributed by atoms with Gasteiger partial charge in [0.05, 0.1) is 24.1 Å². The molecule has 0 spiro atoms. The fraction of sp³-hybridized carbons (Fsp3) is 0.558. The quantitative estimate of drug-likeness (QED) is 0.159. The lowest BCUT2D eigenvalue weighted by atomic mass is 9.84. The van der Waals surface area contributed by atoms with E-state index in [0.717, 1.165) is 24.0 Å². The van der Waals surface area contributed by atoms with Crippen LogP contribution in [0.3, 0.4) is 0 Å². The fourth-order valence-electron chi connectivity index (χ4n) is 8.26. The highest BCUT2D eigenvalue weighted by Crippen LogP contribution is 2.42. The SMILES string of the molecule is COC(C)c1ncccc1-c1c(CC(C)(C)COC=O)c2cc(C3=CCCN(CC(NC(=O)C(C(C)C)N(C)C=O)C(=O)N4CCCCN4)C3)ccc2n1CC(F)(F)F. The lowest BCUT2D eigenvalue weighted by Gasteiger charge is -2.36. The van der Waals surface area contributed by atoms with Crippen molar-refractivity contribution >= 4 is 41.2 Å². The Morgan fingerprint density at radius 2 is 1.86 bits per heavy atom. The molecule has 322 valence electrons. The molecule has 0 bridgehead atoms. The van der Waals surface area contributed by atoms with Crippen LogP contribution in [0.1, 0.15) is 76.8 Å². The number of aromatic nitrogens is 2. The van der Waals surface area contributed by atoms with Crippen LogP contribution in [0.15, 0.2) is 42.6 Å². The lowest BCUT2D eigenvalue weighted by molar-refractivity contribution is -0.142. The molecule has 3 atom stereocenters. The molecule has 0 saturated carbocycles. The zero-order valence-electron chi connectivity index (χ0n) is 35.1. The highest BCUT2D eigenvalue weighted by atomic mass is 19.4. The number of ether oxygens (including phenoxy) is 2. The molecule has 3 amide bonds. The van der Waals surface area contributed by atoms with E-state index in [1.165, 1.54) is 16.6 Å². The third kappa shape index (κ3) is 11.1. The molecular weight excluding hydrogens is 768 g/mol. The number of pyridine rings is 1. The summed E-state index contributed by atoms with van der Waals surface area (Å²) in [5, 5.41) is 5.15. The van der Waals surface area contributed by atoms with Gasteiger partial charge in [0, 0.05) is 75.0 Å². The zero-order valence-corrected chi connectivity index (χ0v) is 35.1. The van der Waals surface area contributed by atoms with E-state index in [-0.39, 0.29) is 31.4 Å². The van der Waals surface area contributed by atoms with Crippen molar-refractivity contribution in [2.75, 3.05) is 53.5 Å². The number of methoxy groups -OCH3 is 1. The molecule has 0 aliphatic carbocycles. The van der Waals surface area contributed by atoms with Gasteiger partial charge in [0.25, 0.3) is 12.4 Å². The second kappa shape index (κ2) is 19.5. The molecule has 0 radical (unpaired) electrons. The van der Waals surface area contributed by atoms with Crippen molar-refractivity contribution < 1.29 is 41.8 Å². The number of carbonyl (C=O) groups is 4. The summed E-state index contributed by atoms with van der Waals surface area (Å²) in [6.45, 7) is 10.8. The molecule has 2 aromatic heterocycles. The molecule has 16 heteroatoms. The van der Waals surface area contributed by atoms with Gasteiger partial charge in [-0.3, -0.25) is 34.1 Å². The Hall–Kier alpha value is -4.80. The number of amides is 3. The molecule has 1 aromatic carbocycles. The average molecular weight is 826 g/mol. The number of halogens is 3. The molecule has 4 heterocycles. The second-order valence-electron chi connectivity index (χ2n) is 16.7. The van der Waals surface area contributed by atoms with E-state index in [9.17, 15) is 32.3 Å². The number of rotatable bonds is 18. The van der Waals surface area contributed by atoms with Crippen LogP contribution in [0, 0.1) is 11.3 Å². The van der Waals surface area contributed by atoms with Crippen molar-refractivity contribution in [3.05, 3.63) is 59.4 Å². The van der Waals surface area contributed by atoms with Crippen molar-refractivity contribution in [1.82, 2.24) is 35.1 Å². The summed E-state index contributed by atoms with van der Waals surface area (Å²) in [5.41, 5.74) is 6.61. The van der Waals surface area contributed by atoms with E-state index in [1.54, 1.807) is 43.4 Å². The summed E-state index contributed by atoms with van der Waals surface area (Å²) in [4.78, 5) is 58.6. The maximum absolute atomic E-state index is 14.5. The van der Waals surface area contributed by atoms with E-state index in [0.29, 0.717) is 78.9 Å². The summed E-state index contributed by atoms with van der Waals surface area (Å²) >= 11 is 0. The summed E-state index contributed by atoms with van der Waals surface area (Å²) in [5.74, 6) is -0.900. The minimum Gasteiger partial charge on any atom is -0.467 e. The number of hydrazine groups is 1. The van der Waals surface area contributed by atoms with Gasteiger partial charge in [0.1, 0.15) is 18.6 Å². The van der Waals surface area contributed by atoms with Gasteiger partial charge in [-0.15, -0.1) is 0 Å². The van der Waals surface area contributed by atoms with Crippen molar-refractivity contribution in [1.29, 1.82) is 0 Å². The summed E-state index contributed by atoms with van der Waals surface area (Å²) in [7, 11) is 3.06. The molecular formula is C43H58F3N7O6. The monoisotopic (exact) mass is 825 g/mol. The maximum atomic E-state index is 14.5. The number of likely N-dealkylation sites (N-methyl/N-ethyl adjacent to an activating group) is 1. The minimum atomic E-state index is -4.56. The molecule has 59 heavy (non-hydrogen) atoms. The van der Waals surface area contributed by atoms with Crippen molar-refractivity contribution in [3.63, 3.8) is 0 Å². The number of fused-ring (bicyclic) bond motifs is 1. The summed E-state index contributed by atoms with van der Waals surface area (Å²) < 4.78 is 55.6. The van der Waals surface area contributed by atoms with Crippen molar-refractivity contribution in [3.8, 4) is 11.3 Å². The van der Waals surface area contributed by atoms with E-state index < -0.39 is 42.2 Å². The fourth-order valence-corrected chi connectivity index (χ4v) is 8.26. The largest absolute Gasteiger partial charge is 0.467 e. The van der Waals surface area contributed by atoms with Crippen molar-refractivity contribution in [2.24, 2.45) is 11.3 Å². The predicted octanol–water partition coefficient (Wildman–Crippen LogP) is 5.53. The van der Waals surface area contributed by atoms with Gasteiger partial charge in [0.2, 0.25) is 12.3 Å². The zero-order chi connectivity index (χ0) is 43.1. The van der Waals surface area contributed by atoms with Gasteiger partial charge in [0.15, 0.2) is 0 Å². The molecule has 3 unspecified atom stereocenters. The number of benzene rings is 1. The van der Waals surface area contributed by atoms with Crippen LogP contribution in [0.25, 0.3) is 27.7 Å².